The summed E-state index contributed by atoms with van der Waals surface area (Å²) >= 11 is 0. The van der Waals surface area contributed by atoms with E-state index in [4.69, 9.17) is 4.74 Å². The summed E-state index contributed by atoms with van der Waals surface area (Å²) in [6.45, 7) is 11.9. The third kappa shape index (κ3) is 4.38. The van der Waals surface area contributed by atoms with E-state index in [-0.39, 0.29) is 23.3 Å². The first-order valence-electron chi connectivity index (χ1n) is 9.10. The Morgan fingerprint density at radius 1 is 1.42 bits per heavy atom. The van der Waals surface area contributed by atoms with Gasteiger partial charge in [0.1, 0.15) is 0 Å². The zero-order valence-electron chi connectivity index (χ0n) is 16.1. The van der Waals surface area contributed by atoms with Gasteiger partial charge in [-0.05, 0) is 45.1 Å². The highest BCUT2D eigenvalue weighted by atomic mass is 16.5. The van der Waals surface area contributed by atoms with Crippen molar-refractivity contribution < 1.29 is 9.53 Å². The van der Waals surface area contributed by atoms with Crippen molar-refractivity contribution in [3.63, 3.8) is 0 Å². The first-order chi connectivity index (χ1) is 11.2. The molecule has 0 saturated carbocycles. The summed E-state index contributed by atoms with van der Waals surface area (Å²) in [6.07, 6.45) is 4.44. The van der Waals surface area contributed by atoms with Crippen LogP contribution in [0.3, 0.4) is 0 Å². The Morgan fingerprint density at radius 3 is 2.67 bits per heavy atom. The molecule has 1 aromatic rings. The summed E-state index contributed by atoms with van der Waals surface area (Å²) in [4.78, 5) is 12.5. The minimum absolute atomic E-state index is 0.0318. The fraction of sp³-hybridized carbons (Fsp3) is 0.789. The highest BCUT2D eigenvalue weighted by Crippen LogP contribution is 2.29. The summed E-state index contributed by atoms with van der Waals surface area (Å²) in [6, 6.07) is 0. The second-order valence-corrected chi connectivity index (χ2v) is 7.94. The number of hydrogen-bond donors (Lipinski definition) is 1. The van der Waals surface area contributed by atoms with Gasteiger partial charge >= 0.3 is 0 Å². The smallest absolute Gasteiger partial charge is 0.223 e. The summed E-state index contributed by atoms with van der Waals surface area (Å²) in [7, 11) is 1.95. The van der Waals surface area contributed by atoms with Crippen molar-refractivity contribution in [1.29, 1.82) is 0 Å². The fourth-order valence-corrected chi connectivity index (χ4v) is 3.47. The van der Waals surface area contributed by atoms with Crippen molar-refractivity contribution in [2.24, 2.45) is 18.4 Å². The monoisotopic (exact) mass is 335 g/mol. The molecule has 1 aromatic heterocycles. The van der Waals surface area contributed by atoms with E-state index in [1.807, 2.05) is 25.6 Å². The SMILES string of the molecule is Cc1nn(C)c(C)c1C[C@@H](C)C(=O)NCC(C)(C)[C@H]1CCCCO1. The quantitative estimate of drug-likeness (QED) is 0.869. The molecular formula is C19H33N3O2. The predicted molar refractivity (Wildman–Crippen MR) is 95.9 cm³/mol. The molecule has 0 bridgehead atoms. The van der Waals surface area contributed by atoms with Crippen molar-refractivity contribution >= 4 is 5.91 Å². The Hall–Kier alpha value is -1.36. The Morgan fingerprint density at radius 2 is 2.12 bits per heavy atom. The third-order valence-corrected chi connectivity index (χ3v) is 5.39. The molecule has 0 aliphatic carbocycles. The molecule has 1 aliphatic rings. The van der Waals surface area contributed by atoms with Gasteiger partial charge in [-0.15, -0.1) is 0 Å². The van der Waals surface area contributed by atoms with Crippen molar-refractivity contribution in [3.8, 4) is 0 Å². The number of ether oxygens (including phenoxy) is 1. The van der Waals surface area contributed by atoms with Crippen LogP contribution >= 0.6 is 0 Å². The van der Waals surface area contributed by atoms with Crippen LogP contribution in [0.25, 0.3) is 0 Å². The lowest BCUT2D eigenvalue weighted by Crippen LogP contribution is -2.45. The first-order valence-corrected chi connectivity index (χ1v) is 9.10. The summed E-state index contributed by atoms with van der Waals surface area (Å²) in [5.74, 6) is 0.0520. The summed E-state index contributed by atoms with van der Waals surface area (Å²) < 4.78 is 7.79. The molecule has 1 N–H and O–H groups in total. The normalized spacial score (nSPS) is 20.0. The molecule has 1 fully saturated rings. The van der Waals surface area contributed by atoms with Gasteiger partial charge in [0.15, 0.2) is 0 Å². The van der Waals surface area contributed by atoms with Crippen LogP contribution in [-0.2, 0) is 23.0 Å². The first kappa shape index (κ1) is 19.0. The van der Waals surface area contributed by atoms with E-state index in [2.05, 4.69) is 31.2 Å². The molecule has 5 nitrogen and oxygen atoms in total. The molecule has 0 unspecified atom stereocenters. The zero-order valence-corrected chi connectivity index (χ0v) is 16.1. The van der Waals surface area contributed by atoms with Crippen LogP contribution in [-0.4, -0.2) is 34.9 Å². The van der Waals surface area contributed by atoms with Crippen LogP contribution in [0, 0.1) is 25.2 Å². The van der Waals surface area contributed by atoms with Crippen molar-refractivity contribution in [1.82, 2.24) is 15.1 Å². The minimum Gasteiger partial charge on any atom is -0.378 e. The van der Waals surface area contributed by atoms with Gasteiger partial charge in [-0.25, -0.2) is 0 Å². The van der Waals surface area contributed by atoms with Crippen LogP contribution in [0.5, 0.6) is 0 Å². The number of nitrogens with one attached hydrogen (secondary N) is 1. The summed E-state index contributed by atoms with van der Waals surface area (Å²) in [5.41, 5.74) is 3.32. The standard InChI is InChI=1S/C19H33N3O2/c1-13(11-16-14(2)21-22(6)15(16)3)18(23)20-12-19(4,5)17-9-7-8-10-24-17/h13,17H,7-12H2,1-6H3,(H,20,23)/t13-,17-/m1/s1. The number of carbonyl (C=O) groups is 1. The van der Waals surface area contributed by atoms with E-state index >= 15 is 0 Å². The predicted octanol–water partition coefficient (Wildman–Crippen LogP) is 2.93. The number of carbonyl (C=O) groups excluding carboxylic acids is 1. The molecule has 2 atom stereocenters. The van der Waals surface area contributed by atoms with Gasteiger partial charge in [0.05, 0.1) is 11.8 Å². The third-order valence-electron chi connectivity index (χ3n) is 5.39. The second kappa shape index (κ2) is 7.68. The maximum Gasteiger partial charge on any atom is 0.223 e. The molecule has 1 amide bonds. The van der Waals surface area contributed by atoms with Crippen molar-refractivity contribution in [3.05, 3.63) is 17.0 Å². The molecule has 5 heteroatoms. The van der Waals surface area contributed by atoms with E-state index < -0.39 is 0 Å². The molecule has 0 radical (unpaired) electrons. The molecule has 136 valence electrons. The second-order valence-electron chi connectivity index (χ2n) is 7.94. The zero-order chi connectivity index (χ0) is 17.9. The lowest BCUT2D eigenvalue weighted by atomic mass is 9.82. The van der Waals surface area contributed by atoms with Gasteiger partial charge in [0, 0.05) is 37.2 Å². The van der Waals surface area contributed by atoms with Gasteiger partial charge in [-0.3, -0.25) is 9.48 Å². The molecule has 1 saturated heterocycles. The van der Waals surface area contributed by atoms with E-state index in [9.17, 15) is 4.79 Å². The molecule has 0 aromatic carbocycles. The van der Waals surface area contributed by atoms with Crippen molar-refractivity contribution in [2.45, 2.75) is 66.4 Å². The molecule has 1 aliphatic heterocycles. The van der Waals surface area contributed by atoms with Gasteiger partial charge < -0.3 is 10.1 Å². The average molecular weight is 335 g/mol. The maximum atomic E-state index is 12.5. The van der Waals surface area contributed by atoms with Crippen LogP contribution in [0.15, 0.2) is 0 Å². The van der Waals surface area contributed by atoms with E-state index in [1.54, 1.807) is 0 Å². The van der Waals surface area contributed by atoms with Gasteiger partial charge in [0.25, 0.3) is 0 Å². The van der Waals surface area contributed by atoms with E-state index in [1.165, 1.54) is 12.0 Å². The highest BCUT2D eigenvalue weighted by Gasteiger charge is 2.32. The molecule has 2 heterocycles. The lowest BCUT2D eigenvalue weighted by Gasteiger charge is -2.37. The Balaban J connectivity index is 1.89. The van der Waals surface area contributed by atoms with Crippen LogP contribution < -0.4 is 5.32 Å². The molecule has 2 rings (SSSR count). The fourth-order valence-electron chi connectivity index (χ4n) is 3.47. The maximum absolute atomic E-state index is 12.5. The lowest BCUT2D eigenvalue weighted by molar-refractivity contribution is -0.125. The Bertz CT molecular complexity index is 571. The van der Waals surface area contributed by atoms with Gasteiger partial charge in [-0.2, -0.15) is 5.10 Å². The van der Waals surface area contributed by atoms with Crippen LogP contribution in [0.2, 0.25) is 0 Å². The highest BCUT2D eigenvalue weighted by molar-refractivity contribution is 5.78. The van der Waals surface area contributed by atoms with E-state index in [0.29, 0.717) is 6.54 Å². The number of rotatable bonds is 6. The summed E-state index contributed by atoms with van der Waals surface area (Å²) in [5, 5.41) is 7.58. The minimum atomic E-state index is -0.0605. The molecule has 24 heavy (non-hydrogen) atoms. The van der Waals surface area contributed by atoms with E-state index in [0.717, 1.165) is 37.3 Å². The number of nitrogens with zero attached hydrogens (tertiary/aromatic N) is 2. The van der Waals surface area contributed by atoms with Gasteiger partial charge in [0.2, 0.25) is 5.91 Å². The molecule has 0 spiro atoms. The Labute approximate surface area is 146 Å². The number of aryl methyl sites for hydroxylation is 2. The average Bonchev–Trinajstić information content (AvgIpc) is 2.79. The Kier molecular flexibility index (Phi) is 6.07. The van der Waals surface area contributed by atoms with Crippen LogP contribution in [0.1, 0.15) is 57.0 Å². The topological polar surface area (TPSA) is 56.2 Å². The number of aromatic nitrogens is 2. The number of hydrogen-bond acceptors (Lipinski definition) is 3. The van der Waals surface area contributed by atoms with Gasteiger partial charge in [-0.1, -0.05) is 20.8 Å². The largest absolute Gasteiger partial charge is 0.378 e. The molecular weight excluding hydrogens is 302 g/mol. The number of amides is 1. The van der Waals surface area contributed by atoms with Crippen molar-refractivity contribution in [2.75, 3.05) is 13.2 Å². The van der Waals surface area contributed by atoms with Crippen LogP contribution in [0.4, 0.5) is 0 Å².